The molecular formula is C21H26BF2N5O4. The van der Waals surface area contributed by atoms with Crippen molar-refractivity contribution < 1.29 is 28.5 Å². The molecular weight excluding hydrogens is 435 g/mol. The van der Waals surface area contributed by atoms with Gasteiger partial charge >= 0.3 is 0 Å². The van der Waals surface area contributed by atoms with Crippen molar-refractivity contribution in [2.45, 2.75) is 45.0 Å². The number of aliphatic hydroxyl groups is 2. The van der Waals surface area contributed by atoms with Gasteiger partial charge in [0.1, 0.15) is 29.6 Å². The van der Waals surface area contributed by atoms with Gasteiger partial charge in [-0.25, -0.2) is 18.7 Å². The highest BCUT2D eigenvalue weighted by molar-refractivity contribution is 6.12. The van der Waals surface area contributed by atoms with E-state index >= 15 is 0 Å². The van der Waals surface area contributed by atoms with Crippen LogP contribution in [0, 0.1) is 25.5 Å². The molecule has 1 atom stereocenters. The van der Waals surface area contributed by atoms with Crippen LogP contribution >= 0.6 is 0 Å². The molecule has 0 aliphatic heterocycles. The van der Waals surface area contributed by atoms with Gasteiger partial charge in [0, 0.05) is 24.7 Å². The second-order valence-corrected chi connectivity index (χ2v) is 8.65. The molecule has 5 N–H and O–H groups in total. The van der Waals surface area contributed by atoms with E-state index in [1.807, 2.05) is 0 Å². The van der Waals surface area contributed by atoms with E-state index in [1.165, 1.54) is 18.3 Å². The van der Waals surface area contributed by atoms with Crippen molar-refractivity contribution in [3.05, 3.63) is 58.7 Å². The third-order valence-electron chi connectivity index (χ3n) is 4.89. The molecule has 12 heteroatoms. The number of carbonyl (C=O) groups excluding carboxylic acids is 1. The number of nitrogens with one attached hydrogen (secondary N) is 1. The van der Waals surface area contributed by atoms with Crippen molar-refractivity contribution in [1.29, 1.82) is 0 Å². The molecule has 2 heterocycles. The zero-order chi connectivity index (χ0) is 24.6. The minimum Gasteiger partial charge on any atom is -0.470 e. The Balaban J connectivity index is 1.87. The Labute approximate surface area is 190 Å². The van der Waals surface area contributed by atoms with Gasteiger partial charge in [-0.1, -0.05) is 6.07 Å². The standard InChI is InChI=1S/C21H26BF2N5O4/c1-11-7-29-16(18(30)26-10-20(3,25)9-21(22,31)32)12(2)28-17(29)19(27-11)33-8-13-14(23)5-4-6-15(13)24/h4-7,31-32H,8-10,22,25H2,1-3H3,(H,26,30). The molecule has 176 valence electrons. The molecule has 3 rings (SSSR count). The predicted octanol–water partition coefficient (Wildman–Crippen LogP) is 0.312. The van der Waals surface area contributed by atoms with Gasteiger partial charge in [0.2, 0.25) is 5.65 Å². The first-order valence-corrected chi connectivity index (χ1v) is 10.2. The Morgan fingerprint density at radius 3 is 2.52 bits per heavy atom. The quantitative estimate of drug-likeness (QED) is 0.280. The summed E-state index contributed by atoms with van der Waals surface area (Å²) in [7, 11) is 1.21. The Kier molecular flexibility index (Phi) is 6.73. The summed E-state index contributed by atoms with van der Waals surface area (Å²) in [5.74, 6) is -1.97. The number of nitrogens with two attached hydrogens (primary N) is 1. The maximum Gasteiger partial charge on any atom is 0.270 e. The van der Waals surface area contributed by atoms with Gasteiger partial charge < -0.3 is 26.0 Å². The highest BCUT2D eigenvalue weighted by Gasteiger charge is 2.30. The van der Waals surface area contributed by atoms with Crippen LogP contribution in [0.3, 0.4) is 0 Å². The van der Waals surface area contributed by atoms with E-state index in [2.05, 4.69) is 15.3 Å². The first-order chi connectivity index (χ1) is 15.3. The van der Waals surface area contributed by atoms with E-state index in [9.17, 15) is 23.8 Å². The lowest BCUT2D eigenvalue weighted by atomic mass is 9.82. The number of fused-ring (bicyclic) bond motifs is 1. The number of hydrogen-bond acceptors (Lipinski definition) is 7. The number of aryl methyl sites for hydroxylation is 2. The van der Waals surface area contributed by atoms with Gasteiger partial charge in [0.25, 0.3) is 11.8 Å². The molecule has 0 aliphatic carbocycles. The van der Waals surface area contributed by atoms with E-state index in [4.69, 9.17) is 10.5 Å². The summed E-state index contributed by atoms with van der Waals surface area (Å²) >= 11 is 0. The van der Waals surface area contributed by atoms with Crippen LogP contribution in [-0.2, 0) is 6.61 Å². The topological polar surface area (TPSA) is 135 Å². The van der Waals surface area contributed by atoms with E-state index < -0.39 is 35.4 Å². The normalized spacial score (nSPS) is 13.7. The largest absolute Gasteiger partial charge is 0.470 e. The third kappa shape index (κ3) is 5.83. The number of halogens is 2. The number of benzene rings is 1. The number of ether oxygens (including phenoxy) is 1. The molecule has 0 saturated carbocycles. The fourth-order valence-corrected chi connectivity index (χ4v) is 3.62. The molecule has 0 radical (unpaired) electrons. The monoisotopic (exact) mass is 461 g/mol. The molecule has 0 aliphatic rings. The minimum absolute atomic E-state index is 0.0137. The zero-order valence-electron chi connectivity index (χ0n) is 18.8. The lowest BCUT2D eigenvalue weighted by Gasteiger charge is -2.30. The number of imidazole rings is 1. The number of rotatable bonds is 8. The summed E-state index contributed by atoms with van der Waals surface area (Å²) in [6.07, 6.45) is 1.42. The van der Waals surface area contributed by atoms with Gasteiger partial charge in [-0.2, -0.15) is 0 Å². The molecule has 1 amide bonds. The summed E-state index contributed by atoms with van der Waals surface area (Å²) in [4.78, 5) is 21.5. The average Bonchev–Trinajstić information content (AvgIpc) is 2.99. The second kappa shape index (κ2) is 9.04. The second-order valence-electron chi connectivity index (χ2n) is 8.65. The van der Waals surface area contributed by atoms with Crippen LogP contribution < -0.4 is 15.8 Å². The van der Waals surface area contributed by atoms with Crippen LogP contribution in [0.2, 0.25) is 0 Å². The lowest BCUT2D eigenvalue weighted by Crippen LogP contribution is -2.53. The number of carbonyl (C=O) groups is 1. The Morgan fingerprint density at radius 2 is 1.91 bits per heavy atom. The fraction of sp³-hybridized carbons (Fsp3) is 0.381. The highest BCUT2D eigenvalue weighted by Crippen LogP contribution is 2.23. The summed E-state index contributed by atoms with van der Waals surface area (Å²) in [5.41, 5.74) is 4.01. The molecule has 33 heavy (non-hydrogen) atoms. The Morgan fingerprint density at radius 1 is 1.27 bits per heavy atom. The molecule has 1 unspecified atom stereocenters. The average molecular weight is 461 g/mol. The van der Waals surface area contributed by atoms with Crippen LogP contribution in [-0.4, -0.2) is 56.1 Å². The maximum atomic E-state index is 13.9. The van der Waals surface area contributed by atoms with Crippen molar-refractivity contribution in [2.24, 2.45) is 5.73 Å². The molecule has 0 saturated heterocycles. The summed E-state index contributed by atoms with van der Waals surface area (Å²) in [6, 6.07) is 3.52. The van der Waals surface area contributed by atoms with E-state index in [1.54, 1.807) is 27.0 Å². The van der Waals surface area contributed by atoms with Gasteiger partial charge in [-0.3, -0.25) is 9.20 Å². The minimum atomic E-state index is -1.99. The third-order valence-corrected chi connectivity index (χ3v) is 4.89. The summed E-state index contributed by atoms with van der Waals surface area (Å²) < 4.78 is 35.0. The molecule has 0 fully saturated rings. The predicted molar refractivity (Wildman–Crippen MR) is 118 cm³/mol. The lowest BCUT2D eigenvalue weighted by molar-refractivity contribution is -0.101. The fourth-order valence-electron chi connectivity index (χ4n) is 3.62. The van der Waals surface area contributed by atoms with Crippen molar-refractivity contribution in [3.63, 3.8) is 0 Å². The highest BCUT2D eigenvalue weighted by atomic mass is 19.1. The molecule has 9 nitrogen and oxygen atoms in total. The molecule has 3 aromatic rings. The Bertz CT molecular complexity index is 1170. The molecule has 1 aromatic carbocycles. The van der Waals surface area contributed by atoms with E-state index in [0.717, 1.165) is 12.1 Å². The van der Waals surface area contributed by atoms with Crippen molar-refractivity contribution in [1.82, 2.24) is 19.7 Å². The van der Waals surface area contributed by atoms with E-state index in [0.29, 0.717) is 11.4 Å². The summed E-state index contributed by atoms with van der Waals surface area (Å²) in [5, 5.41) is 21.9. The van der Waals surface area contributed by atoms with E-state index in [-0.39, 0.29) is 35.8 Å². The Hall–Kier alpha value is -3.09. The van der Waals surface area contributed by atoms with Crippen molar-refractivity contribution in [2.75, 3.05) is 6.54 Å². The first kappa shape index (κ1) is 24.6. The van der Waals surface area contributed by atoms with Gasteiger partial charge in [-0.05, 0) is 32.9 Å². The van der Waals surface area contributed by atoms with Gasteiger partial charge in [0.05, 0.1) is 17.0 Å². The summed E-state index contributed by atoms with van der Waals surface area (Å²) in [6.45, 7) is 4.44. The van der Waals surface area contributed by atoms with Crippen molar-refractivity contribution in [3.8, 4) is 5.88 Å². The van der Waals surface area contributed by atoms with Crippen molar-refractivity contribution >= 4 is 19.4 Å². The molecule has 0 bridgehead atoms. The molecule has 0 spiro atoms. The molecule has 2 aromatic heterocycles. The smallest absolute Gasteiger partial charge is 0.270 e. The number of nitrogens with zero attached hydrogens (tertiary/aromatic N) is 3. The van der Waals surface area contributed by atoms with Crippen LogP contribution in [0.1, 0.15) is 40.8 Å². The maximum absolute atomic E-state index is 13.9. The number of aromatic nitrogens is 3. The first-order valence-electron chi connectivity index (χ1n) is 10.2. The van der Waals surface area contributed by atoms with Gasteiger partial charge in [-0.15, -0.1) is 0 Å². The number of amides is 1. The van der Waals surface area contributed by atoms with Crippen LogP contribution in [0.4, 0.5) is 8.78 Å². The van der Waals surface area contributed by atoms with Crippen LogP contribution in [0.25, 0.3) is 5.65 Å². The SMILES string of the molecule is BC(O)(O)CC(C)(N)CNC(=O)c1c(C)nc2c(OCc3c(F)cccc3F)nc(C)cn12. The van der Waals surface area contributed by atoms with Gasteiger partial charge in [0.15, 0.2) is 7.85 Å². The number of hydrogen-bond donors (Lipinski definition) is 4. The van der Waals surface area contributed by atoms with Crippen LogP contribution in [0.15, 0.2) is 24.4 Å². The van der Waals surface area contributed by atoms with Crippen LogP contribution in [0.5, 0.6) is 5.88 Å². The zero-order valence-corrected chi connectivity index (χ0v) is 18.8.